The highest BCUT2D eigenvalue weighted by molar-refractivity contribution is 14.0. The van der Waals surface area contributed by atoms with Gasteiger partial charge in [-0.15, -0.1) is 24.0 Å². The standard InChI is InChI=1S/C20H30FN5.HI/c1-2-22-20(24-10-13-26-11-4-3-5-12-26)23-9-8-16-15-25-19-14-17(21)6-7-18(16)19;/h6-7,14-15,25H,2-5,8-13H2,1H3,(H2,22,23,24);1H. The van der Waals surface area contributed by atoms with Crippen LogP contribution in [0.2, 0.25) is 0 Å². The van der Waals surface area contributed by atoms with E-state index < -0.39 is 0 Å². The highest BCUT2D eigenvalue weighted by Crippen LogP contribution is 2.19. The van der Waals surface area contributed by atoms with Crippen LogP contribution in [0, 0.1) is 5.82 Å². The fourth-order valence-electron chi connectivity index (χ4n) is 3.51. The van der Waals surface area contributed by atoms with Gasteiger partial charge in [-0.05, 0) is 63.0 Å². The van der Waals surface area contributed by atoms with Gasteiger partial charge in [0.1, 0.15) is 5.82 Å². The third-order valence-corrected chi connectivity index (χ3v) is 4.90. The Morgan fingerprint density at radius 2 is 2.04 bits per heavy atom. The summed E-state index contributed by atoms with van der Waals surface area (Å²) < 4.78 is 13.3. The summed E-state index contributed by atoms with van der Waals surface area (Å²) in [6, 6.07) is 4.89. The van der Waals surface area contributed by atoms with E-state index in [0.29, 0.717) is 0 Å². The quantitative estimate of drug-likeness (QED) is 0.319. The summed E-state index contributed by atoms with van der Waals surface area (Å²) in [5, 5.41) is 7.80. The fourth-order valence-corrected chi connectivity index (χ4v) is 3.51. The summed E-state index contributed by atoms with van der Waals surface area (Å²) >= 11 is 0. The normalized spacial score (nSPS) is 15.6. The Balaban J connectivity index is 0.00000261. The van der Waals surface area contributed by atoms with Crippen LogP contribution in [0.15, 0.2) is 29.4 Å². The maximum absolute atomic E-state index is 13.3. The minimum atomic E-state index is -0.209. The lowest BCUT2D eigenvalue weighted by Gasteiger charge is -2.25. The number of hydrogen-bond acceptors (Lipinski definition) is 2. The van der Waals surface area contributed by atoms with Crippen LogP contribution in [-0.2, 0) is 6.42 Å². The number of aromatic amines is 1. The zero-order valence-corrected chi connectivity index (χ0v) is 18.4. The Labute approximate surface area is 178 Å². The second-order valence-electron chi connectivity index (χ2n) is 6.84. The maximum atomic E-state index is 13.3. The highest BCUT2D eigenvalue weighted by Gasteiger charge is 2.09. The van der Waals surface area contributed by atoms with Crippen molar-refractivity contribution in [2.24, 2.45) is 4.99 Å². The van der Waals surface area contributed by atoms with Crippen LogP contribution in [-0.4, -0.2) is 55.1 Å². The van der Waals surface area contributed by atoms with Crippen LogP contribution >= 0.6 is 24.0 Å². The van der Waals surface area contributed by atoms with Crippen LogP contribution in [0.4, 0.5) is 4.39 Å². The van der Waals surface area contributed by atoms with E-state index in [4.69, 9.17) is 4.99 Å². The van der Waals surface area contributed by atoms with Gasteiger partial charge in [-0.2, -0.15) is 0 Å². The molecule has 1 aromatic heterocycles. The van der Waals surface area contributed by atoms with Crippen LogP contribution in [0.3, 0.4) is 0 Å². The first-order valence-electron chi connectivity index (χ1n) is 9.76. The number of H-pyrrole nitrogens is 1. The number of halogens is 2. The number of nitrogens with one attached hydrogen (secondary N) is 3. The topological polar surface area (TPSA) is 55.5 Å². The molecule has 0 unspecified atom stereocenters. The lowest BCUT2D eigenvalue weighted by molar-refractivity contribution is 0.235. The van der Waals surface area contributed by atoms with Gasteiger partial charge in [-0.3, -0.25) is 4.99 Å². The molecule has 7 heteroatoms. The van der Waals surface area contributed by atoms with Gasteiger partial charge >= 0.3 is 0 Å². The van der Waals surface area contributed by atoms with Crippen LogP contribution < -0.4 is 10.6 Å². The average Bonchev–Trinajstić information content (AvgIpc) is 3.04. The van der Waals surface area contributed by atoms with Crippen LogP contribution in [0.25, 0.3) is 10.9 Å². The number of nitrogens with zero attached hydrogens (tertiary/aromatic N) is 2. The van der Waals surface area contributed by atoms with Crippen molar-refractivity contribution in [3.63, 3.8) is 0 Å². The summed E-state index contributed by atoms with van der Waals surface area (Å²) in [5.41, 5.74) is 2.04. The number of hydrogen-bond donors (Lipinski definition) is 3. The SMILES string of the molecule is CCNC(=NCCN1CCCCC1)NCCc1c[nH]c2cc(F)ccc12.I. The number of benzene rings is 1. The molecule has 5 nitrogen and oxygen atoms in total. The molecular formula is C20H31FIN5. The number of guanidine groups is 1. The molecule has 0 atom stereocenters. The van der Waals surface area contributed by atoms with Gasteiger partial charge in [-0.25, -0.2) is 4.39 Å². The summed E-state index contributed by atoms with van der Waals surface area (Å²) in [7, 11) is 0. The van der Waals surface area contributed by atoms with Crippen molar-refractivity contribution >= 4 is 40.8 Å². The number of aromatic nitrogens is 1. The Kier molecular flexibility index (Phi) is 9.33. The summed E-state index contributed by atoms with van der Waals surface area (Å²) in [5.74, 6) is 0.662. The molecule has 0 spiro atoms. The fraction of sp³-hybridized carbons (Fsp3) is 0.550. The molecule has 0 aliphatic carbocycles. The largest absolute Gasteiger partial charge is 0.361 e. The lowest BCUT2D eigenvalue weighted by atomic mass is 10.1. The molecule has 3 N–H and O–H groups in total. The molecule has 1 saturated heterocycles. The van der Waals surface area contributed by atoms with E-state index in [1.807, 2.05) is 12.3 Å². The van der Waals surface area contributed by atoms with Crippen molar-refractivity contribution in [1.82, 2.24) is 20.5 Å². The first-order chi connectivity index (χ1) is 12.8. The summed E-state index contributed by atoms with van der Waals surface area (Å²) in [6.07, 6.45) is 6.83. The van der Waals surface area contributed by atoms with Gasteiger partial charge in [0.2, 0.25) is 0 Å². The van der Waals surface area contributed by atoms with Crippen molar-refractivity contribution < 1.29 is 4.39 Å². The Hall–Kier alpha value is -1.35. The molecule has 3 rings (SSSR count). The van der Waals surface area contributed by atoms with Gasteiger partial charge in [0.25, 0.3) is 0 Å². The zero-order valence-electron chi connectivity index (χ0n) is 16.1. The van der Waals surface area contributed by atoms with E-state index in [-0.39, 0.29) is 29.8 Å². The van der Waals surface area contributed by atoms with Crippen molar-refractivity contribution in [2.75, 3.05) is 39.3 Å². The molecule has 1 fully saturated rings. The number of rotatable bonds is 7. The first-order valence-corrected chi connectivity index (χ1v) is 9.76. The Morgan fingerprint density at radius 1 is 1.22 bits per heavy atom. The predicted octanol–water partition coefficient (Wildman–Crippen LogP) is 3.51. The monoisotopic (exact) mass is 487 g/mol. The van der Waals surface area contributed by atoms with E-state index in [9.17, 15) is 4.39 Å². The average molecular weight is 487 g/mol. The van der Waals surface area contributed by atoms with Crippen molar-refractivity contribution in [1.29, 1.82) is 0 Å². The molecule has 27 heavy (non-hydrogen) atoms. The van der Waals surface area contributed by atoms with Gasteiger partial charge < -0.3 is 20.5 Å². The predicted molar refractivity (Wildman–Crippen MR) is 122 cm³/mol. The third kappa shape index (κ3) is 6.64. The summed E-state index contributed by atoms with van der Waals surface area (Å²) in [4.78, 5) is 10.3. The summed E-state index contributed by atoms with van der Waals surface area (Å²) in [6.45, 7) is 7.99. The van der Waals surface area contributed by atoms with E-state index in [0.717, 1.165) is 49.5 Å². The molecule has 1 aliphatic rings. The zero-order chi connectivity index (χ0) is 18.2. The number of fused-ring (bicyclic) bond motifs is 1. The third-order valence-electron chi connectivity index (χ3n) is 4.90. The lowest BCUT2D eigenvalue weighted by Crippen LogP contribution is -2.39. The Morgan fingerprint density at radius 3 is 2.81 bits per heavy atom. The molecule has 150 valence electrons. The minimum absolute atomic E-state index is 0. The molecule has 1 aliphatic heterocycles. The van der Waals surface area contributed by atoms with Gasteiger partial charge in [0, 0.05) is 36.7 Å². The number of likely N-dealkylation sites (tertiary alicyclic amines) is 1. The van der Waals surface area contributed by atoms with Gasteiger partial charge in [0.15, 0.2) is 5.96 Å². The van der Waals surface area contributed by atoms with Crippen LogP contribution in [0.5, 0.6) is 0 Å². The molecule has 2 heterocycles. The second-order valence-corrected chi connectivity index (χ2v) is 6.84. The molecule has 0 radical (unpaired) electrons. The number of aliphatic imine (C=N–C) groups is 1. The van der Waals surface area contributed by atoms with E-state index in [1.165, 1.54) is 44.0 Å². The molecule has 1 aromatic carbocycles. The highest BCUT2D eigenvalue weighted by atomic mass is 127. The van der Waals surface area contributed by atoms with Crippen LogP contribution in [0.1, 0.15) is 31.7 Å². The second kappa shape index (κ2) is 11.5. The Bertz CT molecular complexity index is 724. The number of piperidine rings is 1. The molecule has 0 bridgehead atoms. The van der Waals surface area contributed by atoms with Crippen molar-refractivity contribution in [3.05, 3.63) is 35.8 Å². The molecular weight excluding hydrogens is 456 g/mol. The van der Waals surface area contributed by atoms with Crippen molar-refractivity contribution in [2.45, 2.75) is 32.6 Å². The van der Waals surface area contributed by atoms with E-state index in [1.54, 1.807) is 6.07 Å². The van der Waals surface area contributed by atoms with E-state index in [2.05, 4.69) is 27.4 Å². The minimum Gasteiger partial charge on any atom is -0.361 e. The molecule has 2 aromatic rings. The maximum Gasteiger partial charge on any atom is 0.191 e. The van der Waals surface area contributed by atoms with Crippen molar-refractivity contribution in [3.8, 4) is 0 Å². The molecule has 0 saturated carbocycles. The van der Waals surface area contributed by atoms with Gasteiger partial charge in [-0.1, -0.05) is 6.42 Å². The first kappa shape index (κ1) is 21.9. The van der Waals surface area contributed by atoms with Gasteiger partial charge in [0.05, 0.1) is 6.54 Å². The van der Waals surface area contributed by atoms with E-state index >= 15 is 0 Å². The smallest absolute Gasteiger partial charge is 0.191 e. The molecule has 0 amide bonds.